The van der Waals surface area contributed by atoms with Gasteiger partial charge in [-0.25, -0.2) is 4.79 Å². The van der Waals surface area contributed by atoms with Crippen LogP contribution < -0.4 is 0 Å². The maximum Gasteiger partial charge on any atom is 0.409 e. The molecular formula is C18H30N4O2. The molecule has 3 rings (SSSR count). The van der Waals surface area contributed by atoms with Crippen molar-refractivity contribution in [3.8, 4) is 0 Å². The smallest absolute Gasteiger partial charge is 0.409 e. The Balaban J connectivity index is 1.45. The summed E-state index contributed by atoms with van der Waals surface area (Å²) in [6, 6.07) is 2.67. The van der Waals surface area contributed by atoms with Gasteiger partial charge in [0.2, 0.25) is 0 Å². The number of rotatable bonds is 4. The van der Waals surface area contributed by atoms with E-state index < -0.39 is 0 Å². The number of aromatic nitrogens is 2. The molecule has 134 valence electrons. The Morgan fingerprint density at radius 2 is 2.00 bits per heavy atom. The fourth-order valence-electron chi connectivity index (χ4n) is 4.07. The maximum absolute atomic E-state index is 11.8. The van der Waals surface area contributed by atoms with E-state index >= 15 is 0 Å². The topological polar surface area (TPSA) is 50.6 Å². The van der Waals surface area contributed by atoms with Crippen molar-refractivity contribution in [3.05, 3.63) is 17.5 Å². The van der Waals surface area contributed by atoms with Crippen LogP contribution in [0.3, 0.4) is 0 Å². The molecule has 6 nitrogen and oxygen atoms in total. The summed E-state index contributed by atoms with van der Waals surface area (Å²) in [5, 5.41) is 4.65. The van der Waals surface area contributed by atoms with Gasteiger partial charge >= 0.3 is 6.09 Å². The molecule has 2 saturated heterocycles. The highest BCUT2D eigenvalue weighted by atomic mass is 16.6. The van der Waals surface area contributed by atoms with E-state index in [2.05, 4.69) is 34.6 Å². The van der Waals surface area contributed by atoms with Crippen LogP contribution >= 0.6 is 0 Å². The molecule has 1 amide bonds. The average Bonchev–Trinajstić information content (AvgIpc) is 3.14. The van der Waals surface area contributed by atoms with Crippen molar-refractivity contribution in [2.45, 2.75) is 46.1 Å². The van der Waals surface area contributed by atoms with Gasteiger partial charge < -0.3 is 14.5 Å². The maximum atomic E-state index is 11.8. The van der Waals surface area contributed by atoms with Crippen molar-refractivity contribution < 1.29 is 9.53 Å². The lowest BCUT2D eigenvalue weighted by molar-refractivity contribution is 0.0871. The monoisotopic (exact) mass is 334 g/mol. The zero-order valence-corrected chi connectivity index (χ0v) is 15.2. The van der Waals surface area contributed by atoms with Gasteiger partial charge in [-0.1, -0.05) is 0 Å². The molecule has 0 radical (unpaired) electrons. The molecule has 0 spiro atoms. The number of carbonyl (C=O) groups excluding carboxylic acids is 1. The Labute approximate surface area is 144 Å². The number of aryl methyl sites for hydroxylation is 2. The van der Waals surface area contributed by atoms with E-state index in [-0.39, 0.29) is 6.09 Å². The van der Waals surface area contributed by atoms with E-state index in [1.165, 1.54) is 12.1 Å². The highest BCUT2D eigenvalue weighted by Gasteiger charge is 2.29. The number of piperidine rings is 1. The minimum Gasteiger partial charge on any atom is -0.450 e. The van der Waals surface area contributed by atoms with Gasteiger partial charge in [-0.15, -0.1) is 0 Å². The number of nitrogens with zero attached hydrogens (tertiary/aromatic N) is 4. The van der Waals surface area contributed by atoms with Crippen LogP contribution in [0, 0.1) is 19.8 Å². The lowest BCUT2D eigenvalue weighted by atomic mass is 9.96. The number of amides is 1. The first-order chi connectivity index (χ1) is 11.6. The van der Waals surface area contributed by atoms with Crippen LogP contribution in [0.25, 0.3) is 0 Å². The Hall–Kier alpha value is -1.56. The molecule has 0 bridgehead atoms. The summed E-state index contributed by atoms with van der Waals surface area (Å²) in [6.45, 7) is 11.6. The first-order valence-corrected chi connectivity index (χ1v) is 9.23. The van der Waals surface area contributed by atoms with Crippen LogP contribution in [-0.4, -0.2) is 65.0 Å². The Morgan fingerprint density at radius 3 is 2.62 bits per heavy atom. The van der Waals surface area contributed by atoms with Crippen molar-refractivity contribution in [2.24, 2.45) is 5.92 Å². The largest absolute Gasteiger partial charge is 0.450 e. The second-order valence-electron chi connectivity index (χ2n) is 7.20. The Bertz CT molecular complexity index is 563. The number of hydrogen-bond acceptors (Lipinski definition) is 4. The molecule has 6 heteroatoms. The Morgan fingerprint density at radius 1 is 1.25 bits per heavy atom. The lowest BCUT2D eigenvalue weighted by Gasteiger charge is -2.33. The second kappa shape index (κ2) is 7.55. The summed E-state index contributed by atoms with van der Waals surface area (Å²) in [6.07, 6.45) is 3.20. The Kier molecular flexibility index (Phi) is 5.43. The van der Waals surface area contributed by atoms with E-state index in [1.807, 2.05) is 11.8 Å². The summed E-state index contributed by atoms with van der Waals surface area (Å²) in [4.78, 5) is 16.2. The first kappa shape index (κ1) is 17.3. The van der Waals surface area contributed by atoms with Crippen molar-refractivity contribution in [1.82, 2.24) is 19.6 Å². The molecule has 1 aromatic rings. The molecule has 1 atom stereocenters. The summed E-state index contributed by atoms with van der Waals surface area (Å²) in [5.41, 5.74) is 2.37. The van der Waals surface area contributed by atoms with Crippen molar-refractivity contribution in [3.63, 3.8) is 0 Å². The molecule has 2 fully saturated rings. The molecule has 1 unspecified atom stereocenters. The zero-order chi connectivity index (χ0) is 17.1. The highest BCUT2D eigenvalue weighted by Crippen LogP contribution is 2.26. The van der Waals surface area contributed by atoms with Gasteiger partial charge in [0.25, 0.3) is 0 Å². The molecule has 2 aliphatic heterocycles. The molecule has 0 aliphatic carbocycles. The predicted molar refractivity (Wildman–Crippen MR) is 93.1 cm³/mol. The summed E-state index contributed by atoms with van der Waals surface area (Å²) < 4.78 is 7.30. The summed E-state index contributed by atoms with van der Waals surface area (Å²) in [5.74, 6) is 0.690. The van der Waals surface area contributed by atoms with Crippen molar-refractivity contribution in [2.75, 3.05) is 39.3 Å². The van der Waals surface area contributed by atoms with Crippen molar-refractivity contribution in [1.29, 1.82) is 0 Å². The third-order valence-corrected chi connectivity index (χ3v) is 5.29. The van der Waals surface area contributed by atoms with Gasteiger partial charge in [-0.3, -0.25) is 4.68 Å². The van der Waals surface area contributed by atoms with E-state index in [9.17, 15) is 4.79 Å². The SMILES string of the molecule is CCOC(=O)N1CCC(CN2CCC(n3nc(C)cc3C)C2)CC1. The highest BCUT2D eigenvalue weighted by molar-refractivity contribution is 5.67. The minimum atomic E-state index is -0.151. The van der Waals surface area contributed by atoms with Crippen molar-refractivity contribution >= 4 is 6.09 Å². The van der Waals surface area contributed by atoms with Crippen LogP contribution in [0.1, 0.15) is 43.6 Å². The van der Waals surface area contributed by atoms with Gasteiger partial charge in [-0.05, 0) is 52.0 Å². The quantitative estimate of drug-likeness (QED) is 0.849. The van der Waals surface area contributed by atoms with E-state index in [0.29, 0.717) is 18.6 Å². The standard InChI is InChI=1S/C18H30N4O2/c1-4-24-18(23)21-9-5-16(6-10-21)12-20-8-7-17(13-20)22-15(3)11-14(2)19-22/h11,16-17H,4-10,12-13H2,1-3H3. The first-order valence-electron chi connectivity index (χ1n) is 9.23. The molecule has 0 saturated carbocycles. The zero-order valence-electron chi connectivity index (χ0n) is 15.2. The molecule has 2 aliphatic rings. The van der Waals surface area contributed by atoms with Crippen LogP contribution in [0.5, 0.6) is 0 Å². The second-order valence-corrected chi connectivity index (χ2v) is 7.20. The number of carbonyl (C=O) groups is 1. The predicted octanol–water partition coefficient (Wildman–Crippen LogP) is 2.62. The third kappa shape index (κ3) is 3.91. The van der Waals surface area contributed by atoms with Crippen LogP contribution in [0.15, 0.2) is 6.07 Å². The molecular weight excluding hydrogens is 304 g/mol. The fourth-order valence-corrected chi connectivity index (χ4v) is 4.07. The normalized spacial score (nSPS) is 23.0. The van der Waals surface area contributed by atoms with Crippen LogP contribution in [0.2, 0.25) is 0 Å². The molecule has 0 aromatic carbocycles. The third-order valence-electron chi connectivity index (χ3n) is 5.29. The van der Waals surface area contributed by atoms with Gasteiger partial charge in [0.1, 0.15) is 0 Å². The van der Waals surface area contributed by atoms with Gasteiger partial charge in [0.05, 0.1) is 18.3 Å². The van der Waals surface area contributed by atoms with E-state index in [0.717, 1.165) is 51.3 Å². The van der Waals surface area contributed by atoms with E-state index in [4.69, 9.17) is 4.74 Å². The average molecular weight is 334 g/mol. The number of hydrogen-bond donors (Lipinski definition) is 0. The van der Waals surface area contributed by atoms with Crippen LogP contribution in [-0.2, 0) is 4.74 Å². The number of likely N-dealkylation sites (tertiary alicyclic amines) is 2. The summed E-state index contributed by atoms with van der Waals surface area (Å²) in [7, 11) is 0. The van der Waals surface area contributed by atoms with Crippen LogP contribution in [0.4, 0.5) is 4.79 Å². The molecule has 0 N–H and O–H groups in total. The molecule has 1 aromatic heterocycles. The fraction of sp³-hybridized carbons (Fsp3) is 0.778. The van der Waals surface area contributed by atoms with Gasteiger partial charge in [0, 0.05) is 38.4 Å². The van der Waals surface area contributed by atoms with Gasteiger partial charge in [-0.2, -0.15) is 5.10 Å². The van der Waals surface area contributed by atoms with Gasteiger partial charge in [0.15, 0.2) is 0 Å². The van der Waals surface area contributed by atoms with E-state index in [1.54, 1.807) is 0 Å². The lowest BCUT2D eigenvalue weighted by Crippen LogP contribution is -2.41. The summed E-state index contributed by atoms with van der Waals surface area (Å²) >= 11 is 0. The number of ether oxygens (including phenoxy) is 1. The molecule has 3 heterocycles. The minimum absolute atomic E-state index is 0.151. The molecule has 24 heavy (non-hydrogen) atoms.